The number of anilines is 1. The van der Waals surface area contributed by atoms with Crippen molar-refractivity contribution in [1.82, 2.24) is 5.32 Å². The van der Waals surface area contributed by atoms with E-state index in [-0.39, 0.29) is 23.2 Å². The van der Waals surface area contributed by atoms with E-state index in [9.17, 15) is 17.6 Å². The number of hydrogen-bond acceptors (Lipinski definition) is 4. The van der Waals surface area contributed by atoms with Crippen molar-refractivity contribution in [2.24, 2.45) is 0 Å². The maximum Gasteiger partial charge on any atom is 0.261 e. The standard InChI is InChI=1S/C21H19FN2O3S2/c1-28-19-10-12-20(13-11-19)29(26,27)24-18-8-4-16(5-9-18)21(25)23-14-15-2-6-17(22)7-3-15/h2-13,24H,14H2,1H3,(H,23,25). The van der Waals surface area contributed by atoms with E-state index in [0.29, 0.717) is 11.3 Å². The molecule has 8 heteroatoms. The Morgan fingerprint density at radius 2 is 1.55 bits per heavy atom. The van der Waals surface area contributed by atoms with E-state index in [1.54, 1.807) is 36.4 Å². The lowest BCUT2D eigenvalue weighted by atomic mass is 10.2. The van der Waals surface area contributed by atoms with Crippen molar-refractivity contribution >= 4 is 33.4 Å². The number of thioether (sulfide) groups is 1. The first-order chi connectivity index (χ1) is 13.9. The van der Waals surface area contributed by atoms with Crippen molar-refractivity contribution < 1.29 is 17.6 Å². The molecule has 150 valence electrons. The Labute approximate surface area is 173 Å². The quantitative estimate of drug-likeness (QED) is 0.549. The van der Waals surface area contributed by atoms with Gasteiger partial charge in [-0.25, -0.2) is 12.8 Å². The number of carbonyl (C=O) groups excluding carboxylic acids is 1. The average Bonchev–Trinajstić information content (AvgIpc) is 2.73. The number of benzene rings is 3. The molecule has 3 aromatic rings. The maximum absolute atomic E-state index is 12.9. The average molecular weight is 431 g/mol. The van der Waals surface area contributed by atoms with Crippen LogP contribution in [0.1, 0.15) is 15.9 Å². The SMILES string of the molecule is CSc1ccc(S(=O)(=O)Nc2ccc(C(=O)NCc3ccc(F)cc3)cc2)cc1. The van der Waals surface area contributed by atoms with Gasteiger partial charge in [0, 0.05) is 22.7 Å². The summed E-state index contributed by atoms with van der Waals surface area (Å²) in [6.45, 7) is 0.263. The van der Waals surface area contributed by atoms with Gasteiger partial charge in [0.05, 0.1) is 4.90 Å². The van der Waals surface area contributed by atoms with E-state index in [1.165, 1.54) is 48.2 Å². The normalized spacial score (nSPS) is 11.1. The first-order valence-electron chi connectivity index (χ1n) is 8.67. The fourth-order valence-electron chi connectivity index (χ4n) is 2.55. The van der Waals surface area contributed by atoms with Gasteiger partial charge in [-0.15, -0.1) is 11.8 Å². The van der Waals surface area contributed by atoms with Crippen LogP contribution in [0.4, 0.5) is 10.1 Å². The van der Waals surface area contributed by atoms with Crippen LogP contribution in [-0.2, 0) is 16.6 Å². The number of rotatable bonds is 7. The highest BCUT2D eigenvalue weighted by molar-refractivity contribution is 7.98. The lowest BCUT2D eigenvalue weighted by Crippen LogP contribution is -2.22. The van der Waals surface area contributed by atoms with Gasteiger partial charge in [-0.1, -0.05) is 12.1 Å². The molecule has 29 heavy (non-hydrogen) atoms. The molecule has 2 N–H and O–H groups in total. The molecule has 0 spiro atoms. The van der Waals surface area contributed by atoms with Crippen LogP contribution < -0.4 is 10.0 Å². The molecule has 0 saturated carbocycles. The second-order valence-electron chi connectivity index (χ2n) is 6.17. The summed E-state index contributed by atoms with van der Waals surface area (Å²) >= 11 is 1.53. The molecule has 0 aliphatic heterocycles. The molecule has 0 atom stereocenters. The molecule has 0 radical (unpaired) electrons. The lowest BCUT2D eigenvalue weighted by Gasteiger charge is -2.10. The maximum atomic E-state index is 12.9. The Bertz CT molecular complexity index is 1080. The van der Waals surface area contributed by atoms with Gasteiger partial charge in [0.15, 0.2) is 0 Å². The fraction of sp³-hybridized carbons (Fsp3) is 0.0952. The molecule has 5 nitrogen and oxygen atoms in total. The molecule has 3 aromatic carbocycles. The molecule has 0 saturated heterocycles. The number of nitrogens with one attached hydrogen (secondary N) is 2. The van der Waals surface area contributed by atoms with Crippen molar-refractivity contribution in [2.45, 2.75) is 16.3 Å². The summed E-state index contributed by atoms with van der Waals surface area (Å²) in [6.07, 6.45) is 1.92. The summed E-state index contributed by atoms with van der Waals surface area (Å²) in [7, 11) is -3.71. The molecule has 0 aliphatic rings. The van der Waals surface area contributed by atoms with Crippen LogP contribution in [0.3, 0.4) is 0 Å². The zero-order valence-electron chi connectivity index (χ0n) is 15.6. The van der Waals surface area contributed by atoms with Crippen LogP contribution in [0.5, 0.6) is 0 Å². The summed E-state index contributed by atoms with van der Waals surface area (Å²) in [5.74, 6) is -0.644. The van der Waals surface area contributed by atoms with Crippen LogP contribution in [0, 0.1) is 5.82 Å². The van der Waals surface area contributed by atoms with Gasteiger partial charge in [0.1, 0.15) is 5.82 Å². The van der Waals surface area contributed by atoms with Crippen LogP contribution in [0.2, 0.25) is 0 Å². The van der Waals surface area contributed by atoms with Crippen molar-refractivity contribution in [1.29, 1.82) is 0 Å². The smallest absolute Gasteiger partial charge is 0.261 e. The summed E-state index contributed by atoms with van der Waals surface area (Å²) in [5.41, 5.74) is 1.52. The minimum absolute atomic E-state index is 0.163. The molecule has 0 fully saturated rings. The van der Waals surface area contributed by atoms with Gasteiger partial charge in [-0.05, 0) is 72.5 Å². The second kappa shape index (κ2) is 9.11. The first kappa shape index (κ1) is 20.9. The third-order valence-electron chi connectivity index (χ3n) is 4.14. The third-order valence-corrected chi connectivity index (χ3v) is 6.28. The van der Waals surface area contributed by atoms with Crippen LogP contribution in [0.15, 0.2) is 82.6 Å². The van der Waals surface area contributed by atoms with Gasteiger partial charge in [0.25, 0.3) is 15.9 Å². The molecule has 0 aliphatic carbocycles. The summed E-state index contributed by atoms with van der Waals surface area (Å²) in [4.78, 5) is 13.4. The second-order valence-corrected chi connectivity index (χ2v) is 8.73. The Hall–Kier alpha value is -2.84. The molecule has 0 unspecified atom stereocenters. The molecule has 0 aromatic heterocycles. The number of carbonyl (C=O) groups is 1. The number of halogens is 1. The van der Waals surface area contributed by atoms with E-state index in [4.69, 9.17) is 0 Å². The monoisotopic (exact) mass is 430 g/mol. The Balaban J connectivity index is 1.62. The van der Waals surface area contributed by atoms with Crippen LogP contribution in [-0.4, -0.2) is 20.6 Å². The van der Waals surface area contributed by atoms with Gasteiger partial charge in [-0.3, -0.25) is 9.52 Å². The summed E-state index contributed by atoms with van der Waals surface area (Å²) in [6, 6.07) is 18.6. The number of hydrogen-bond donors (Lipinski definition) is 2. The summed E-state index contributed by atoms with van der Waals surface area (Å²) < 4.78 is 40.4. The van der Waals surface area contributed by atoms with E-state index in [0.717, 1.165) is 10.5 Å². The molecule has 3 rings (SSSR count). The topological polar surface area (TPSA) is 75.3 Å². The fourth-order valence-corrected chi connectivity index (χ4v) is 4.01. The Morgan fingerprint density at radius 1 is 0.931 bits per heavy atom. The highest BCUT2D eigenvalue weighted by Crippen LogP contribution is 2.20. The predicted octanol–water partition coefficient (Wildman–Crippen LogP) is 4.28. The van der Waals surface area contributed by atoms with Crippen molar-refractivity contribution in [2.75, 3.05) is 11.0 Å². The number of sulfonamides is 1. The number of amides is 1. The zero-order valence-corrected chi connectivity index (χ0v) is 17.2. The molecule has 1 amide bonds. The van der Waals surface area contributed by atoms with Gasteiger partial charge < -0.3 is 5.32 Å². The van der Waals surface area contributed by atoms with Gasteiger partial charge in [0.2, 0.25) is 0 Å². The van der Waals surface area contributed by atoms with Crippen LogP contribution in [0.25, 0.3) is 0 Å². The highest BCUT2D eigenvalue weighted by Gasteiger charge is 2.14. The predicted molar refractivity (Wildman–Crippen MR) is 113 cm³/mol. The molecular formula is C21H19FN2O3S2. The Kier molecular flexibility index (Phi) is 6.56. The lowest BCUT2D eigenvalue weighted by molar-refractivity contribution is 0.0951. The summed E-state index contributed by atoms with van der Waals surface area (Å²) in [5, 5.41) is 2.74. The van der Waals surface area contributed by atoms with E-state index in [1.807, 2.05) is 6.26 Å². The molecule has 0 bridgehead atoms. The van der Waals surface area contributed by atoms with Crippen molar-refractivity contribution in [3.63, 3.8) is 0 Å². The van der Waals surface area contributed by atoms with Crippen molar-refractivity contribution in [3.8, 4) is 0 Å². The minimum atomic E-state index is -3.71. The molecule has 0 heterocycles. The Morgan fingerprint density at radius 3 is 2.14 bits per heavy atom. The van der Waals surface area contributed by atoms with E-state index >= 15 is 0 Å². The van der Waals surface area contributed by atoms with Crippen molar-refractivity contribution in [3.05, 3.63) is 89.7 Å². The van der Waals surface area contributed by atoms with Gasteiger partial charge >= 0.3 is 0 Å². The molecular weight excluding hydrogens is 411 g/mol. The highest BCUT2D eigenvalue weighted by atomic mass is 32.2. The third kappa shape index (κ3) is 5.58. The minimum Gasteiger partial charge on any atom is -0.348 e. The first-order valence-corrected chi connectivity index (χ1v) is 11.4. The van der Waals surface area contributed by atoms with Gasteiger partial charge in [-0.2, -0.15) is 0 Å². The van der Waals surface area contributed by atoms with E-state index < -0.39 is 10.0 Å². The van der Waals surface area contributed by atoms with E-state index in [2.05, 4.69) is 10.0 Å². The zero-order chi connectivity index (χ0) is 20.9. The van der Waals surface area contributed by atoms with Crippen LogP contribution >= 0.6 is 11.8 Å². The largest absolute Gasteiger partial charge is 0.348 e.